The predicted molar refractivity (Wildman–Crippen MR) is 67.5 cm³/mol. The largest absolute Gasteiger partial charge is 0.476 e. The van der Waals surface area contributed by atoms with Gasteiger partial charge in [0.1, 0.15) is 0 Å². The minimum atomic E-state index is -1.08. The van der Waals surface area contributed by atoms with Crippen LogP contribution in [0.4, 0.5) is 0 Å². The first-order valence-electron chi connectivity index (χ1n) is 5.94. The highest BCUT2D eigenvalue weighted by Gasteiger charge is 2.15. The predicted octanol–water partition coefficient (Wildman–Crippen LogP) is 0.616. The second kappa shape index (κ2) is 5.55. The van der Waals surface area contributed by atoms with Gasteiger partial charge in [-0.05, 0) is 6.92 Å². The van der Waals surface area contributed by atoms with Crippen LogP contribution in [0.15, 0.2) is 16.9 Å². The number of aromatic nitrogens is 3. The number of nitrogens with one attached hydrogen (secondary N) is 1. The van der Waals surface area contributed by atoms with Crippen molar-refractivity contribution in [3.8, 4) is 0 Å². The molecule has 0 saturated carbocycles. The van der Waals surface area contributed by atoms with Crippen molar-refractivity contribution in [1.29, 1.82) is 0 Å². The molecule has 20 heavy (non-hydrogen) atoms. The van der Waals surface area contributed by atoms with Gasteiger partial charge in [0.05, 0.1) is 12.0 Å². The van der Waals surface area contributed by atoms with Crippen LogP contribution in [-0.4, -0.2) is 38.1 Å². The topological polar surface area (TPSA) is 110 Å². The molecule has 2 aromatic heterocycles. The van der Waals surface area contributed by atoms with E-state index in [1.807, 2.05) is 0 Å². The maximum atomic E-state index is 11.8. The van der Waals surface area contributed by atoms with E-state index in [0.29, 0.717) is 24.7 Å². The Hall–Kier alpha value is -2.64. The average molecular weight is 278 g/mol. The van der Waals surface area contributed by atoms with Crippen LogP contribution < -0.4 is 5.32 Å². The lowest BCUT2D eigenvalue weighted by atomic mass is 10.3. The summed E-state index contributed by atoms with van der Waals surface area (Å²) >= 11 is 0. The number of oxazole rings is 1. The summed E-state index contributed by atoms with van der Waals surface area (Å²) in [6.07, 6.45) is 2.80. The molecule has 0 aliphatic carbocycles. The van der Waals surface area contributed by atoms with Crippen molar-refractivity contribution in [2.24, 2.45) is 0 Å². The van der Waals surface area contributed by atoms with Crippen LogP contribution in [0.3, 0.4) is 0 Å². The Labute approximate surface area is 114 Å². The Kier molecular flexibility index (Phi) is 3.83. The van der Waals surface area contributed by atoms with E-state index in [2.05, 4.69) is 15.3 Å². The van der Waals surface area contributed by atoms with Crippen LogP contribution in [0.25, 0.3) is 0 Å². The molecule has 0 spiro atoms. The van der Waals surface area contributed by atoms with Gasteiger partial charge in [-0.15, -0.1) is 0 Å². The molecule has 8 nitrogen and oxygen atoms in total. The molecular weight excluding hydrogens is 264 g/mol. The smallest absolute Gasteiger partial charge is 0.356 e. The van der Waals surface area contributed by atoms with Gasteiger partial charge in [0.2, 0.25) is 5.76 Å². The molecule has 2 aromatic rings. The number of carbonyl (C=O) groups excluding carboxylic acids is 1. The molecule has 0 aliphatic rings. The molecule has 0 bridgehead atoms. The van der Waals surface area contributed by atoms with E-state index >= 15 is 0 Å². The number of nitrogens with zero attached hydrogens (tertiary/aromatic N) is 3. The molecule has 2 rings (SSSR count). The normalized spacial score (nSPS) is 10.5. The first kappa shape index (κ1) is 13.8. The molecule has 0 aromatic carbocycles. The molecule has 1 amide bonds. The fourth-order valence-electron chi connectivity index (χ4n) is 1.71. The maximum Gasteiger partial charge on any atom is 0.356 e. The number of rotatable bonds is 5. The Morgan fingerprint density at radius 2 is 2.20 bits per heavy atom. The third-order valence-corrected chi connectivity index (χ3v) is 2.62. The first-order valence-corrected chi connectivity index (χ1v) is 5.94. The van der Waals surface area contributed by atoms with Crippen molar-refractivity contribution >= 4 is 11.9 Å². The molecule has 0 unspecified atom stereocenters. The van der Waals surface area contributed by atoms with E-state index < -0.39 is 5.97 Å². The molecular formula is C12H14N4O4. The number of carboxylic acids is 1. The molecule has 2 N–H and O–H groups in total. The summed E-state index contributed by atoms with van der Waals surface area (Å²) in [5, 5.41) is 11.4. The standard InChI is InChI=1S/C12H14N4O4/c1-7-10(20-8(2)15-7)11(17)13-3-4-16-5-9(12(18)19)14-6-16/h5-6H,3-4H2,1-2H3,(H,13,17)(H,18,19). The second-order valence-electron chi connectivity index (χ2n) is 4.21. The number of hydrogen-bond acceptors (Lipinski definition) is 5. The lowest BCUT2D eigenvalue weighted by Crippen LogP contribution is -2.27. The number of carboxylic acid groups (broad SMARTS) is 1. The molecule has 0 radical (unpaired) electrons. The van der Waals surface area contributed by atoms with Gasteiger partial charge in [0.25, 0.3) is 5.91 Å². The van der Waals surface area contributed by atoms with Gasteiger partial charge in [0.15, 0.2) is 11.6 Å². The van der Waals surface area contributed by atoms with E-state index in [4.69, 9.17) is 9.52 Å². The Balaban J connectivity index is 1.87. The molecule has 0 aliphatic heterocycles. The van der Waals surface area contributed by atoms with Crippen LogP contribution in [0.5, 0.6) is 0 Å². The van der Waals surface area contributed by atoms with E-state index in [0.717, 1.165) is 0 Å². The van der Waals surface area contributed by atoms with Gasteiger partial charge in [-0.1, -0.05) is 0 Å². The molecule has 2 heterocycles. The summed E-state index contributed by atoms with van der Waals surface area (Å²) < 4.78 is 6.78. The molecule has 0 saturated heterocycles. The van der Waals surface area contributed by atoms with Gasteiger partial charge in [-0.3, -0.25) is 4.79 Å². The van der Waals surface area contributed by atoms with Gasteiger partial charge in [-0.2, -0.15) is 0 Å². The van der Waals surface area contributed by atoms with Gasteiger partial charge in [-0.25, -0.2) is 14.8 Å². The van der Waals surface area contributed by atoms with Crippen molar-refractivity contribution in [2.45, 2.75) is 20.4 Å². The molecule has 106 valence electrons. The van der Waals surface area contributed by atoms with E-state index in [-0.39, 0.29) is 17.4 Å². The fraction of sp³-hybridized carbons (Fsp3) is 0.333. The molecule has 0 atom stereocenters. The average Bonchev–Trinajstić information content (AvgIpc) is 2.96. The van der Waals surface area contributed by atoms with Gasteiger partial charge in [0, 0.05) is 26.2 Å². The lowest BCUT2D eigenvalue weighted by Gasteiger charge is -2.04. The molecule has 8 heteroatoms. The van der Waals surface area contributed by atoms with Crippen molar-refractivity contribution in [2.75, 3.05) is 6.54 Å². The summed E-state index contributed by atoms with van der Waals surface area (Å²) in [7, 11) is 0. The Bertz CT molecular complexity index is 644. The van der Waals surface area contributed by atoms with Crippen LogP contribution in [-0.2, 0) is 6.54 Å². The van der Waals surface area contributed by atoms with E-state index in [1.54, 1.807) is 18.4 Å². The summed E-state index contributed by atoms with van der Waals surface area (Å²) in [6, 6.07) is 0. The zero-order chi connectivity index (χ0) is 14.7. The summed E-state index contributed by atoms with van der Waals surface area (Å²) in [4.78, 5) is 30.2. The van der Waals surface area contributed by atoms with Crippen molar-refractivity contribution in [3.63, 3.8) is 0 Å². The van der Waals surface area contributed by atoms with Gasteiger partial charge >= 0.3 is 5.97 Å². The monoisotopic (exact) mass is 278 g/mol. The minimum absolute atomic E-state index is 0.0296. The lowest BCUT2D eigenvalue weighted by molar-refractivity contribution is 0.0690. The highest BCUT2D eigenvalue weighted by Crippen LogP contribution is 2.08. The van der Waals surface area contributed by atoms with Crippen LogP contribution in [0.1, 0.15) is 32.6 Å². The second-order valence-corrected chi connectivity index (χ2v) is 4.21. The summed E-state index contributed by atoms with van der Waals surface area (Å²) in [6.45, 7) is 4.11. The fourth-order valence-corrected chi connectivity index (χ4v) is 1.71. The number of hydrogen-bond donors (Lipinski definition) is 2. The van der Waals surface area contributed by atoms with E-state index in [1.165, 1.54) is 12.5 Å². The highest BCUT2D eigenvalue weighted by molar-refractivity contribution is 5.92. The number of amides is 1. The van der Waals surface area contributed by atoms with Crippen LogP contribution in [0, 0.1) is 13.8 Å². The third-order valence-electron chi connectivity index (χ3n) is 2.62. The number of carbonyl (C=O) groups is 2. The minimum Gasteiger partial charge on any atom is -0.476 e. The Morgan fingerprint density at radius 3 is 2.75 bits per heavy atom. The van der Waals surface area contributed by atoms with Gasteiger partial charge < -0.3 is 19.4 Å². The number of aryl methyl sites for hydroxylation is 2. The maximum absolute atomic E-state index is 11.8. The molecule has 0 fully saturated rings. The Morgan fingerprint density at radius 1 is 1.45 bits per heavy atom. The third kappa shape index (κ3) is 3.02. The van der Waals surface area contributed by atoms with Crippen molar-refractivity contribution in [3.05, 3.63) is 35.6 Å². The van der Waals surface area contributed by atoms with Crippen molar-refractivity contribution in [1.82, 2.24) is 19.9 Å². The zero-order valence-electron chi connectivity index (χ0n) is 11.1. The van der Waals surface area contributed by atoms with E-state index in [9.17, 15) is 9.59 Å². The number of imidazole rings is 1. The zero-order valence-corrected chi connectivity index (χ0v) is 11.1. The van der Waals surface area contributed by atoms with Crippen molar-refractivity contribution < 1.29 is 19.1 Å². The number of aromatic carboxylic acids is 1. The summed E-state index contributed by atoms with van der Waals surface area (Å²) in [5.74, 6) is -0.796. The van der Waals surface area contributed by atoms with Crippen LogP contribution >= 0.6 is 0 Å². The SMILES string of the molecule is Cc1nc(C)c(C(=O)NCCn2cnc(C(=O)O)c2)o1. The quantitative estimate of drug-likeness (QED) is 0.829. The first-order chi connectivity index (χ1) is 9.47. The summed E-state index contributed by atoms with van der Waals surface area (Å²) in [5.41, 5.74) is 0.508. The van der Waals surface area contributed by atoms with Crippen LogP contribution in [0.2, 0.25) is 0 Å². The highest BCUT2D eigenvalue weighted by atomic mass is 16.4.